The van der Waals surface area contributed by atoms with Gasteiger partial charge < -0.3 is 9.88 Å². The van der Waals surface area contributed by atoms with Gasteiger partial charge in [-0.15, -0.1) is 0 Å². The van der Waals surface area contributed by atoms with Gasteiger partial charge in [0.15, 0.2) is 0 Å². The van der Waals surface area contributed by atoms with E-state index in [2.05, 4.69) is 44.1 Å². The average molecular weight is 335 g/mol. The number of aromatic nitrogens is 2. The maximum atomic E-state index is 12.9. The van der Waals surface area contributed by atoms with Gasteiger partial charge in [0.25, 0.3) is 5.91 Å². The lowest BCUT2D eigenvalue weighted by molar-refractivity contribution is 0.102. The number of carbonyl (C=O) groups is 1. The summed E-state index contributed by atoms with van der Waals surface area (Å²) in [5.74, 6) is 0.588. The van der Waals surface area contributed by atoms with Crippen LogP contribution in [0.25, 0.3) is 11.0 Å². The minimum Gasteiger partial charge on any atom is -0.336 e. The number of anilines is 1. The number of fused-ring (bicyclic) bond motifs is 1. The van der Waals surface area contributed by atoms with Crippen molar-refractivity contribution in [2.75, 3.05) is 5.32 Å². The van der Waals surface area contributed by atoms with Gasteiger partial charge in [-0.3, -0.25) is 4.79 Å². The lowest BCUT2D eigenvalue weighted by Crippen LogP contribution is -2.16. The Morgan fingerprint density at radius 1 is 1.12 bits per heavy atom. The van der Waals surface area contributed by atoms with E-state index in [0.29, 0.717) is 11.6 Å². The van der Waals surface area contributed by atoms with Crippen molar-refractivity contribution in [3.05, 3.63) is 59.4 Å². The molecule has 0 saturated carbocycles. The van der Waals surface area contributed by atoms with E-state index in [-0.39, 0.29) is 11.8 Å². The Hall–Kier alpha value is -2.62. The SMILES string of the molecule is CC(C)c1cccc(C(=O)Nc2cnc3c(ccn3C)c2)c1C(C)C. The van der Waals surface area contributed by atoms with E-state index >= 15 is 0 Å². The van der Waals surface area contributed by atoms with Crippen LogP contribution in [0, 0.1) is 0 Å². The first kappa shape index (κ1) is 17.2. The van der Waals surface area contributed by atoms with Gasteiger partial charge in [-0.25, -0.2) is 4.98 Å². The number of nitrogens with one attached hydrogen (secondary N) is 1. The Kier molecular flexibility index (Phi) is 4.62. The highest BCUT2D eigenvalue weighted by Gasteiger charge is 2.19. The summed E-state index contributed by atoms with van der Waals surface area (Å²) in [7, 11) is 1.96. The van der Waals surface area contributed by atoms with E-state index in [1.54, 1.807) is 6.20 Å². The van der Waals surface area contributed by atoms with Gasteiger partial charge in [-0.2, -0.15) is 0 Å². The van der Waals surface area contributed by atoms with Gasteiger partial charge in [-0.05, 0) is 41.2 Å². The number of carbonyl (C=O) groups excluding carboxylic acids is 1. The van der Waals surface area contributed by atoms with Gasteiger partial charge >= 0.3 is 0 Å². The number of hydrogen-bond donors (Lipinski definition) is 1. The van der Waals surface area contributed by atoms with Crippen LogP contribution in [0.3, 0.4) is 0 Å². The van der Waals surface area contributed by atoms with E-state index in [9.17, 15) is 4.79 Å². The number of hydrogen-bond acceptors (Lipinski definition) is 2. The molecule has 0 bridgehead atoms. The van der Waals surface area contributed by atoms with Crippen LogP contribution in [-0.2, 0) is 7.05 Å². The summed E-state index contributed by atoms with van der Waals surface area (Å²) in [4.78, 5) is 17.4. The minimum atomic E-state index is -0.0803. The third kappa shape index (κ3) is 3.29. The van der Waals surface area contributed by atoms with Crippen LogP contribution in [0.4, 0.5) is 5.69 Å². The molecule has 130 valence electrons. The molecule has 1 aromatic carbocycles. The highest BCUT2D eigenvalue weighted by Crippen LogP contribution is 2.30. The molecule has 2 aromatic heterocycles. The van der Waals surface area contributed by atoms with Crippen LogP contribution in [0.2, 0.25) is 0 Å². The number of nitrogens with zero attached hydrogens (tertiary/aromatic N) is 2. The van der Waals surface area contributed by atoms with Crippen molar-refractivity contribution < 1.29 is 4.79 Å². The van der Waals surface area contributed by atoms with E-state index < -0.39 is 0 Å². The second kappa shape index (κ2) is 6.71. The molecule has 1 N–H and O–H groups in total. The predicted octanol–water partition coefficient (Wildman–Crippen LogP) is 5.07. The second-order valence-corrected chi connectivity index (χ2v) is 7.14. The molecule has 25 heavy (non-hydrogen) atoms. The Morgan fingerprint density at radius 2 is 1.88 bits per heavy atom. The normalized spacial score (nSPS) is 11.5. The van der Waals surface area contributed by atoms with Crippen molar-refractivity contribution in [2.45, 2.75) is 39.5 Å². The number of rotatable bonds is 4. The van der Waals surface area contributed by atoms with E-state index in [4.69, 9.17) is 0 Å². The maximum absolute atomic E-state index is 12.9. The van der Waals surface area contributed by atoms with Gasteiger partial charge in [0.05, 0.1) is 11.9 Å². The van der Waals surface area contributed by atoms with Gasteiger partial charge in [0.1, 0.15) is 5.65 Å². The molecule has 0 saturated heterocycles. The third-order valence-corrected chi connectivity index (χ3v) is 4.55. The van der Waals surface area contributed by atoms with Crippen molar-refractivity contribution in [1.29, 1.82) is 0 Å². The first-order chi connectivity index (χ1) is 11.9. The molecule has 0 aliphatic rings. The molecule has 4 nitrogen and oxygen atoms in total. The lowest BCUT2D eigenvalue weighted by atomic mass is 9.86. The Labute approximate surface area is 148 Å². The molecule has 0 unspecified atom stereocenters. The van der Waals surface area contributed by atoms with Crippen molar-refractivity contribution in [3.63, 3.8) is 0 Å². The quantitative estimate of drug-likeness (QED) is 0.723. The molecular weight excluding hydrogens is 310 g/mol. The zero-order valence-corrected chi connectivity index (χ0v) is 15.5. The molecule has 0 spiro atoms. The van der Waals surface area contributed by atoms with Crippen molar-refractivity contribution >= 4 is 22.6 Å². The highest BCUT2D eigenvalue weighted by molar-refractivity contribution is 6.06. The predicted molar refractivity (Wildman–Crippen MR) is 103 cm³/mol. The monoisotopic (exact) mass is 335 g/mol. The molecule has 0 fully saturated rings. The van der Waals surface area contributed by atoms with Crippen LogP contribution in [0.1, 0.15) is 61.0 Å². The number of benzene rings is 1. The zero-order valence-electron chi connectivity index (χ0n) is 15.5. The largest absolute Gasteiger partial charge is 0.336 e. The lowest BCUT2D eigenvalue weighted by Gasteiger charge is -2.20. The average Bonchev–Trinajstić information content (AvgIpc) is 2.94. The van der Waals surface area contributed by atoms with Crippen LogP contribution >= 0.6 is 0 Å². The number of amides is 1. The molecule has 2 heterocycles. The van der Waals surface area contributed by atoms with Crippen LogP contribution < -0.4 is 5.32 Å². The number of aryl methyl sites for hydroxylation is 1. The van der Waals surface area contributed by atoms with Crippen LogP contribution in [0.5, 0.6) is 0 Å². The highest BCUT2D eigenvalue weighted by atomic mass is 16.1. The smallest absolute Gasteiger partial charge is 0.256 e. The van der Waals surface area contributed by atoms with Crippen molar-refractivity contribution in [2.24, 2.45) is 7.05 Å². The summed E-state index contributed by atoms with van der Waals surface area (Å²) in [6, 6.07) is 9.95. The van der Waals surface area contributed by atoms with Gasteiger partial charge in [0.2, 0.25) is 0 Å². The standard InChI is InChI=1S/C21H25N3O/c1-13(2)17-7-6-8-18(19(17)14(3)4)21(25)23-16-11-15-9-10-24(5)20(15)22-12-16/h6-14H,1-5H3,(H,23,25). The fourth-order valence-electron chi connectivity index (χ4n) is 3.35. The molecule has 0 aliphatic heterocycles. The summed E-state index contributed by atoms with van der Waals surface area (Å²) >= 11 is 0. The minimum absolute atomic E-state index is 0.0803. The molecule has 3 rings (SSSR count). The second-order valence-electron chi connectivity index (χ2n) is 7.14. The van der Waals surface area contributed by atoms with Crippen LogP contribution in [-0.4, -0.2) is 15.5 Å². The summed E-state index contributed by atoms with van der Waals surface area (Å²) in [6.45, 7) is 8.59. The fraction of sp³-hybridized carbons (Fsp3) is 0.333. The first-order valence-electron chi connectivity index (χ1n) is 8.73. The molecule has 0 radical (unpaired) electrons. The topological polar surface area (TPSA) is 46.9 Å². The van der Waals surface area contributed by atoms with E-state index in [1.807, 2.05) is 42.1 Å². The Morgan fingerprint density at radius 3 is 2.56 bits per heavy atom. The summed E-state index contributed by atoms with van der Waals surface area (Å²) < 4.78 is 1.96. The summed E-state index contributed by atoms with van der Waals surface area (Å²) in [5.41, 5.74) is 4.73. The van der Waals surface area contributed by atoms with Gasteiger partial charge in [-0.1, -0.05) is 39.8 Å². The number of pyridine rings is 1. The summed E-state index contributed by atoms with van der Waals surface area (Å²) in [5, 5.41) is 4.02. The van der Waals surface area contributed by atoms with E-state index in [1.165, 1.54) is 5.56 Å². The maximum Gasteiger partial charge on any atom is 0.256 e. The molecule has 0 atom stereocenters. The fourth-order valence-corrected chi connectivity index (χ4v) is 3.35. The van der Waals surface area contributed by atoms with Gasteiger partial charge in [0, 0.05) is 24.2 Å². The molecular formula is C21H25N3O. The molecule has 0 aliphatic carbocycles. The zero-order chi connectivity index (χ0) is 18.1. The molecule has 1 amide bonds. The first-order valence-corrected chi connectivity index (χ1v) is 8.73. The van der Waals surface area contributed by atoms with E-state index in [0.717, 1.165) is 22.2 Å². The Bertz CT molecular complexity index is 922. The Balaban J connectivity index is 1.96. The third-order valence-electron chi connectivity index (χ3n) is 4.55. The molecule has 3 aromatic rings. The van der Waals surface area contributed by atoms with Crippen LogP contribution in [0.15, 0.2) is 42.7 Å². The summed E-state index contributed by atoms with van der Waals surface area (Å²) in [6.07, 6.45) is 3.67. The molecule has 4 heteroatoms. The van der Waals surface area contributed by atoms with Crippen molar-refractivity contribution in [3.8, 4) is 0 Å². The van der Waals surface area contributed by atoms with Crippen molar-refractivity contribution in [1.82, 2.24) is 9.55 Å².